The van der Waals surface area contributed by atoms with E-state index >= 15 is 0 Å². The fraction of sp³-hybridized carbons (Fsp3) is 0.300. The second-order valence-electron chi connectivity index (χ2n) is 10.9. The van der Waals surface area contributed by atoms with E-state index < -0.39 is 39.7 Å². The average molecular weight is 615 g/mol. The smallest absolute Gasteiger partial charge is 0.220 e. The van der Waals surface area contributed by atoms with Gasteiger partial charge in [-0.1, -0.05) is 42.5 Å². The first-order valence-electron chi connectivity index (χ1n) is 12.8. The van der Waals surface area contributed by atoms with Crippen molar-refractivity contribution < 1.29 is 25.3 Å². The number of benzene rings is 3. The normalized spacial score (nSPS) is 13.9. The molecule has 4 aromatic rings. The molecule has 0 bridgehead atoms. The summed E-state index contributed by atoms with van der Waals surface area (Å²) in [5.41, 5.74) is 4.04. The first-order chi connectivity index (χ1) is 18.9. The van der Waals surface area contributed by atoms with Gasteiger partial charge in [-0.3, -0.25) is 4.98 Å². The maximum Gasteiger partial charge on any atom is 0.220 e. The van der Waals surface area contributed by atoms with E-state index in [4.69, 9.17) is 0 Å². The lowest BCUT2D eigenvalue weighted by atomic mass is 9.92. The Morgan fingerprint density at radius 2 is 1.49 bits per heavy atom. The van der Waals surface area contributed by atoms with Crippen molar-refractivity contribution in [1.29, 1.82) is 0 Å². The van der Waals surface area contributed by atoms with Crippen LogP contribution in [0.2, 0.25) is 0 Å². The van der Waals surface area contributed by atoms with Gasteiger partial charge in [0, 0.05) is 43.8 Å². The van der Waals surface area contributed by atoms with Gasteiger partial charge in [-0.15, -0.1) is 0 Å². The van der Waals surface area contributed by atoms with Crippen LogP contribution < -0.4 is 0 Å². The lowest BCUT2D eigenvalue weighted by molar-refractivity contribution is 0.505. The number of sulfonamides is 1. The number of nitrogens with zero attached hydrogens (tertiary/aromatic N) is 2. The molecule has 4 rings (SSSR count). The molecular formula is C30H34N2O6S3. The van der Waals surface area contributed by atoms with Crippen LogP contribution in [0.5, 0.6) is 0 Å². The molecule has 1 atom stereocenters. The van der Waals surface area contributed by atoms with Gasteiger partial charge in [-0.2, -0.15) is 0 Å². The first-order valence-corrected chi connectivity index (χ1v) is 18.1. The van der Waals surface area contributed by atoms with Gasteiger partial charge < -0.3 is 0 Å². The Morgan fingerprint density at radius 3 is 2.07 bits per heavy atom. The highest BCUT2D eigenvalue weighted by Crippen LogP contribution is 2.37. The van der Waals surface area contributed by atoms with Gasteiger partial charge in [0.05, 0.1) is 15.2 Å². The number of sulfone groups is 2. The van der Waals surface area contributed by atoms with Crippen molar-refractivity contribution in [2.75, 3.05) is 26.6 Å². The van der Waals surface area contributed by atoms with Crippen LogP contribution in [0.25, 0.3) is 22.0 Å². The summed E-state index contributed by atoms with van der Waals surface area (Å²) in [4.78, 5) is 4.68. The third kappa shape index (κ3) is 6.23. The lowest BCUT2D eigenvalue weighted by Gasteiger charge is -2.25. The van der Waals surface area contributed by atoms with Crippen molar-refractivity contribution in [2.24, 2.45) is 0 Å². The Balaban J connectivity index is 1.84. The number of hydrogen-bond acceptors (Lipinski definition) is 7. The molecule has 0 N–H and O–H groups in total. The molecular weight excluding hydrogens is 581 g/mol. The molecule has 1 unspecified atom stereocenters. The van der Waals surface area contributed by atoms with Crippen LogP contribution in [0.3, 0.4) is 0 Å². The molecule has 41 heavy (non-hydrogen) atoms. The average Bonchev–Trinajstić information content (AvgIpc) is 2.90. The second kappa shape index (κ2) is 10.9. The van der Waals surface area contributed by atoms with E-state index in [-0.39, 0.29) is 11.3 Å². The van der Waals surface area contributed by atoms with Crippen LogP contribution in [-0.4, -0.2) is 61.1 Å². The van der Waals surface area contributed by atoms with E-state index in [9.17, 15) is 25.3 Å². The van der Waals surface area contributed by atoms with Gasteiger partial charge in [0.25, 0.3) is 0 Å². The van der Waals surface area contributed by atoms with Crippen LogP contribution in [0.1, 0.15) is 35.8 Å². The largest absolute Gasteiger partial charge is 0.256 e. The van der Waals surface area contributed by atoms with E-state index in [2.05, 4.69) is 4.98 Å². The third-order valence-electron chi connectivity index (χ3n) is 7.53. The Kier molecular flexibility index (Phi) is 8.23. The first kappa shape index (κ1) is 30.8. The van der Waals surface area contributed by atoms with E-state index in [1.807, 2.05) is 42.5 Å². The summed E-state index contributed by atoms with van der Waals surface area (Å²) in [6.07, 6.45) is 4.13. The molecule has 0 spiro atoms. The van der Waals surface area contributed by atoms with E-state index in [0.717, 1.165) is 28.3 Å². The molecule has 11 heteroatoms. The molecule has 0 saturated heterocycles. The summed E-state index contributed by atoms with van der Waals surface area (Å²) < 4.78 is 76.1. The summed E-state index contributed by atoms with van der Waals surface area (Å²) in [5.74, 6) is 0. The van der Waals surface area contributed by atoms with Gasteiger partial charge >= 0.3 is 0 Å². The molecule has 218 valence electrons. The lowest BCUT2D eigenvalue weighted by Crippen LogP contribution is -2.29. The highest BCUT2D eigenvalue weighted by Gasteiger charge is 2.33. The predicted molar refractivity (Wildman–Crippen MR) is 164 cm³/mol. The molecule has 0 radical (unpaired) electrons. The van der Waals surface area contributed by atoms with Crippen LogP contribution in [0.15, 0.2) is 83.9 Å². The van der Waals surface area contributed by atoms with Crippen LogP contribution in [-0.2, 0) is 40.9 Å². The highest BCUT2D eigenvalue weighted by molar-refractivity contribution is 7.91. The van der Waals surface area contributed by atoms with Crippen LogP contribution in [0, 0.1) is 0 Å². The van der Waals surface area contributed by atoms with Crippen LogP contribution >= 0.6 is 0 Å². The van der Waals surface area contributed by atoms with Gasteiger partial charge in [0.15, 0.2) is 19.7 Å². The number of pyridine rings is 1. The zero-order valence-corrected chi connectivity index (χ0v) is 26.3. The second-order valence-corrected chi connectivity index (χ2v) is 17.9. The molecule has 0 aliphatic heterocycles. The molecule has 0 aliphatic rings. The molecule has 0 fully saturated rings. The van der Waals surface area contributed by atoms with Crippen molar-refractivity contribution in [3.05, 3.63) is 95.7 Å². The van der Waals surface area contributed by atoms with Gasteiger partial charge in [-0.05, 0) is 72.9 Å². The third-order valence-corrected chi connectivity index (χ3v) is 12.9. The summed E-state index contributed by atoms with van der Waals surface area (Å²) >= 11 is 0. The van der Waals surface area contributed by atoms with Gasteiger partial charge in [0.2, 0.25) is 10.0 Å². The van der Waals surface area contributed by atoms with Gasteiger partial charge in [0.1, 0.15) is 5.25 Å². The van der Waals surface area contributed by atoms with E-state index in [0.29, 0.717) is 16.6 Å². The van der Waals surface area contributed by atoms with Crippen molar-refractivity contribution in [2.45, 2.75) is 35.2 Å². The summed E-state index contributed by atoms with van der Waals surface area (Å²) in [5, 5.41) is -0.173. The molecule has 1 aromatic heterocycles. The van der Waals surface area contributed by atoms with E-state index in [1.165, 1.54) is 36.8 Å². The summed E-state index contributed by atoms with van der Waals surface area (Å²) in [7, 11) is -7.73. The quantitative estimate of drug-likeness (QED) is 0.267. The number of hydrogen-bond donors (Lipinski definition) is 0. The molecule has 0 saturated carbocycles. The van der Waals surface area contributed by atoms with Crippen LogP contribution in [0.4, 0.5) is 0 Å². The van der Waals surface area contributed by atoms with Crippen molar-refractivity contribution in [3.8, 4) is 11.1 Å². The Hall–Kier alpha value is -3.12. The summed E-state index contributed by atoms with van der Waals surface area (Å²) in [6, 6.07) is 20.8. The van der Waals surface area contributed by atoms with Crippen molar-refractivity contribution in [3.63, 3.8) is 0 Å². The van der Waals surface area contributed by atoms with Crippen molar-refractivity contribution in [1.82, 2.24) is 9.29 Å². The SMILES string of the molecule is CN(C)S(=O)(=O)C(Cc1cccc(-c2cc(C(C)(C)S(C)(=O)=O)cc3cccnc23)c1)c1ccc(S(C)(=O)=O)cc1. The molecule has 3 aromatic carbocycles. The number of aromatic nitrogens is 1. The minimum absolute atomic E-state index is 0.112. The standard InChI is InChI=1S/C30H34N2O6S3/c1-30(2,40(6,35)36)25-19-24-11-8-16-31-29(24)27(20-25)23-10-7-9-21(17-23)18-28(41(37,38)32(3)4)22-12-14-26(15-13-22)39(5,33)34/h7-17,19-20,28H,18H2,1-6H3. The maximum absolute atomic E-state index is 13.4. The fourth-order valence-corrected chi connectivity index (χ4v) is 7.22. The Morgan fingerprint density at radius 1 is 0.829 bits per heavy atom. The van der Waals surface area contributed by atoms with Crippen molar-refractivity contribution >= 4 is 40.6 Å². The zero-order valence-electron chi connectivity index (χ0n) is 23.9. The Labute approximate surface area is 243 Å². The molecule has 0 amide bonds. The monoisotopic (exact) mass is 614 g/mol. The van der Waals surface area contributed by atoms with Gasteiger partial charge in [-0.25, -0.2) is 29.6 Å². The fourth-order valence-electron chi connectivity index (χ4n) is 4.63. The highest BCUT2D eigenvalue weighted by atomic mass is 32.2. The molecule has 8 nitrogen and oxygen atoms in total. The molecule has 0 aliphatic carbocycles. The summed E-state index contributed by atoms with van der Waals surface area (Å²) in [6.45, 7) is 3.34. The maximum atomic E-state index is 13.4. The minimum Gasteiger partial charge on any atom is -0.256 e. The minimum atomic E-state index is -3.79. The number of rotatable bonds is 9. The molecule has 1 heterocycles. The zero-order chi connectivity index (χ0) is 30.4. The Bertz CT molecular complexity index is 1930. The predicted octanol–water partition coefficient (Wildman–Crippen LogP) is 4.76. The van der Waals surface area contributed by atoms with E-state index in [1.54, 1.807) is 38.2 Å². The topological polar surface area (TPSA) is 119 Å². The number of fused-ring (bicyclic) bond motifs is 1.